The summed E-state index contributed by atoms with van der Waals surface area (Å²) < 4.78 is 5.18. The zero-order valence-corrected chi connectivity index (χ0v) is 15.3. The van der Waals surface area contributed by atoms with E-state index in [1.54, 1.807) is 18.4 Å². The molecule has 5 heteroatoms. The first-order valence-corrected chi connectivity index (χ1v) is 9.97. The number of furan rings is 1. The number of fused-ring (bicyclic) bond motifs is 3. The van der Waals surface area contributed by atoms with E-state index in [-0.39, 0.29) is 5.91 Å². The van der Waals surface area contributed by atoms with Gasteiger partial charge in [0, 0.05) is 25.7 Å². The van der Waals surface area contributed by atoms with Crippen molar-refractivity contribution in [1.29, 1.82) is 0 Å². The van der Waals surface area contributed by atoms with E-state index in [0.717, 1.165) is 24.3 Å². The summed E-state index contributed by atoms with van der Waals surface area (Å²) in [5.74, 6) is 2.87. The van der Waals surface area contributed by atoms with Crippen LogP contribution >= 0.6 is 0 Å². The molecular formula is C20H31N3O2. The van der Waals surface area contributed by atoms with Crippen LogP contribution in [0.2, 0.25) is 0 Å². The molecule has 4 fully saturated rings. The fraction of sp³-hybridized carbons (Fsp3) is 0.750. The van der Waals surface area contributed by atoms with Crippen LogP contribution < -0.4 is 5.32 Å². The van der Waals surface area contributed by atoms with Crippen molar-refractivity contribution in [2.75, 3.05) is 39.3 Å². The molecule has 1 aromatic heterocycles. The number of piperidine rings is 4. The molecule has 1 amide bonds. The van der Waals surface area contributed by atoms with E-state index in [1.165, 1.54) is 58.4 Å². The highest BCUT2D eigenvalue weighted by molar-refractivity contribution is 5.91. The minimum atomic E-state index is -0.0911. The highest BCUT2D eigenvalue weighted by Crippen LogP contribution is 2.37. The second kappa shape index (κ2) is 7.50. The molecule has 0 aromatic carbocycles. The van der Waals surface area contributed by atoms with Crippen molar-refractivity contribution in [2.24, 2.45) is 17.8 Å². The molecule has 4 aliphatic rings. The van der Waals surface area contributed by atoms with Crippen molar-refractivity contribution in [3.63, 3.8) is 0 Å². The quantitative estimate of drug-likeness (QED) is 0.891. The summed E-state index contributed by atoms with van der Waals surface area (Å²) in [5.41, 5.74) is 0. The lowest BCUT2D eigenvalue weighted by Gasteiger charge is -2.51. The van der Waals surface area contributed by atoms with Gasteiger partial charge >= 0.3 is 0 Å². The van der Waals surface area contributed by atoms with Crippen molar-refractivity contribution in [3.05, 3.63) is 24.2 Å². The Morgan fingerprint density at radius 2 is 2.12 bits per heavy atom. The molecule has 4 saturated heterocycles. The lowest BCUT2D eigenvalue weighted by molar-refractivity contribution is -0.0149. The second-order valence-electron chi connectivity index (χ2n) is 8.36. The van der Waals surface area contributed by atoms with Crippen molar-refractivity contribution in [2.45, 2.75) is 38.6 Å². The first kappa shape index (κ1) is 17.1. The third-order valence-electron chi connectivity index (χ3n) is 6.63. The Morgan fingerprint density at radius 1 is 1.28 bits per heavy atom. The number of amides is 1. The van der Waals surface area contributed by atoms with Crippen LogP contribution in [0.5, 0.6) is 0 Å². The topological polar surface area (TPSA) is 48.7 Å². The number of nitrogens with one attached hydrogen (secondary N) is 1. The van der Waals surface area contributed by atoms with Gasteiger partial charge in [0.05, 0.1) is 6.26 Å². The SMILES string of the molecule is CC1CCN(C[C@H]2CN3CC[C@H]2C[C@@H]3CNC(=O)c2ccco2)CC1. The van der Waals surface area contributed by atoms with Gasteiger partial charge in [0.15, 0.2) is 5.76 Å². The first-order valence-electron chi connectivity index (χ1n) is 9.97. The van der Waals surface area contributed by atoms with E-state index in [0.29, 0.717) is 11.8 Å². The molecule has 0 radical (unpaired) electrons. The summed E-state index contributed by atoms with van der Waals surface area (Å²) in [7, 11) is 0. The van der Waals surface area contributed by atoms with Gasteiger partial charge in [-0.15, -0.1) is 0 Å². The summed E-state index contributed by atoms with van der Waals surface area (Å²) in [6, 6.07) is 3.97. The molecule has 138 valence electrons. The number of nitrogens with zero attached hydrogens (tertiary/aromatic N) is 2. The van der Waals surface area contributed by atoms with Gasteiger partial charge in [-0.3, -0.25) is 9.69 Å². The second-order valence-corrected chi connectivity index (χ2v) is 8.36. The predicted molar refractivity (Wildman–Crippen MR) is 97.5 cm³/mol. The molecular weight excluding hydrogens is 314 g/mol. The standard InChI is InChI=1S/C20H31N3O2/c1-15-4-7-22(8-5-15)13-17-14-23-9-6-16(17)11-18(23)12-21-20(24)19-3-2-10-25-19/h2-3,10,15-18H,4-9,11-14H2,1H3,(H,21,24)/t16-,17-,18+/m0/s1. The number of hydrogen-bond acceptors (Lipinski definition) is 4. The molecule has 1 unspecified atom stereocenters. The Bertz CT molecular complexity index is 566. The van der Waals surface area contributed by atoms with Crippen LogP contribution in [-0.2, 0) is 0 Å². The fourth-order valence-electron chi connectivity index (χ4n) is 4.95. The zero-order valence-electron chi connectivity index (χ0n) is 15.3. The van der Waals surface area contributed by atoms with Crippen LogP contribution in [0.3, 0.4) is 0 Å². The van der Waals surface area contributed by atoms with Gasteiger partial charge in [-0.05, 0) is 75.2 Å². The Kier molecular flexibility index (Phi) is 5.13. The van der Waals surface area contributed by atoms with Crippen LogP contribution in [0.15, 0.2) is 22.8 Å². The fourth-order valence-corrected chi connectivity index (χ4v) is 4.95. The molecule has 25 heavy (non-hydrogen) atoms. The first-order chi connectivity index (χ1) is 12.2. The maximum atomic E-state index is 12.1. The Labute approximate surface area is 150 Å². The van der Waals surface area contributed by atoms with E-state index in [2.05, 4.69) is 22.0 Å². The monoisotopic (exact) mass is 345 g/mol. The molecule has 5 heterocycles. The van der Waals surface area contributed by atoms with Gasteiger partial charge in [-0.2, -0.15) is 0 Å². The average molecular weight is 345 g/mol. The average Bonchev–Trinajstić information content (AvgIpc) is 3.17. The van der Waals surface area contributed by atoms with Gasteiger partial charge < -0.3 is 14.6 Å². The van der Waals surface area contributed by atoms with Crippen LogP contribution in [0, 0.1) is 17.8 Å². The van der Waals surface area contributed by atoms with Crippen molar-refractivity contribution in [1.82, 2.24) is 15.1 Å². The van der Waals surface area contributed by atoms with Gasteiger partial charge in [0.1, 0.15) is 0 Å². The van der Waals surface area contributed by atoms with E-state index in [4.69, 9.17) is 4.42 Å². The number of likely N-dealkylation sites (tertiary alicyclic amines) is 1. The third-order valence-corrected chi connectivity index (χ3v) is 6.63. The maximum absolute atomic E-state index is 12.1. The normalized spacial score (nSPS) is 33.5. The molecule has 0 spiro atoms. The third kappa shape index (κ3) is 3.93. The van der Waals surface area contributed by atoms with Gasteiger partial charge in [0.2, 0.25) is 0 Å². The molecule has 5 rings (SSSR count). The molecule has 2 bridgehead atoms. The molecule has 5 nitrogen and oxygen atoms in total. The molecule has 4 atom stereocenters. The Morgan fingerprint density at radius 3 is 2.80 bits per heavy atom. The van der Waals surface area contributed by atoms with Crippen LogP contribution in [0.4, 0.5) is 0 Å². The lowest BCUT2D eigenvalue weighted by atomic mass is 9.75. The predicted octanol–water partition coefficient (Wildman–Crippen LogP) is 2.45. The van der Waals surface area contributed by atoms with Crippen LogP contribution in [0.1, 0.15) is 43.2 Å². The van der Waals surface area contributed by atoms with E-state index >= 15 is 0 Å². The van der Waals surface area contributed by atoms with Crippen LogP contribution in [0.25, 0.3) is 0 Å². The maximum Gasteiger partial charge on any atom is 0.287 e. The Hall–Kier alpha value is -1.33. The zero-order chi connectivity index (χ0) is 17.2. The molecule has 1 N–H and O–H groups in total. The van der Waals surface area contributed by atoms with Gasteiger partial charge in [-0.1, -0.05) is 6.92 Å². The lowest BCUT2D eigenvalue weighted by Crippen LogP contribution is -2.58. The minimum Gasteiger partial charge on any atom is -0.459 e. The van der Waals surface area contributed by atoms with Crippen molar-refractivity contribution < 1.29 is 9.21 Å². The highest BCUT2D eigenvalue weighted by Gasteiger charge is 2.40. The number of carbonyl (C=O) groups excluding carboxylic acids is 1. The van der Waals surface area contributed by atoms with Gasteiger partial charge in [0.25, 0.3) is 5.91 Å². The van der Waals surface area contributed by atoms with E-state index in [9.17, 15) is 4.79 Å². The molecule has 4 aliphatic heterocycles. The smallest absolute Gasteiger partial charge is 0.287 e. The molecule has 0 saturated carbocycles. The summed E-state index contributed by atoms with van der Waals surface area (Å²) in [6.45, 7) is 9.37. The van der Waals surface area contributed by atoms with Crippen molar-refractivity contribution in [3.8, 4) is 0 Å². The summed E-state index contributed by atoms with van der Waals surface area (Å²) in [6.07, 6.45) is 6.84. The Balaban J connectivity index is 1.26. The highest BCUT2D eigenvalue weighted by atomic mass is 16.3. The van der Waals surface area contributed by atoms with E-state index in [1.807, 2.05) is 0 Å². The number of hydrogen-bond donors (Lipinski definition) is 1. The van der Waals surface area contributed by atoms with E-state index < -0.39 is 0 Å². The summed E-state index contributed by atoms with van der Waals surface area (Å²) >= 11 is 0. The number of carbonyl (C=O) groups is 1. The minimum absolute atomic E-state index is 0.0911. The molecule has 0 aliphatic carbocycles. The summed E-state index contributed by atoms with van der Waals surface area (Å²) in [5, 5.41) is 3.06. The largest absolute Gasteiger partial charge is 0.459 e. The number of rotatable bonds is 5. The molecule has 1 aromatic rings. The van der Waals surface area contributed by atoms with Gasteiger partial charge in [-0.25, -0.2) is 0 Å². The van der Waals surface area contributed by atoms with Crippen LogP contribution in [-0.4, -0.2) is 61.0 Å². The van der Waals surface area contributed by atoms with Crippen molar-refractivity contribution >= 4 is 5.91 Å². The summed E-state index contributed by atoms with van der Waals surface area (Å²) in [4.78, 5) is 17.4.